The second-order valence-electron chi connectivity index (χ2n) is 12.5. The van der Waals surface area contributed by atoms with Crippen molar-refractivity contribution in [3.8, 4) is 28.7 Å². The molecule has 3 saturated heterocycles. The predicted molar refractivity (Wildman–Crippen MR) is 163 cm³/mol. The molecule has 0 amide bonds. The Morgan fingerprint density at radius 3 is 1.85 bits per heavy atom. The Kier molecular flexibility index (Phi) is 10.6. The zero-order chi connectivity index (χ0) is 40.6. The number of aliphatic hydroxyl groups excluding tert-OH is 2. The highest BCUT2D eigenvalue weighted by Crippen LogP contribution is 2.57. The molecule has 0 saturated carbocycles. The van der Waals surface area contributed by atoms with Crippen LogP contribution >= 0.6 is 0 Å². The van der Waals surface area contributed by atoms with E-state index in [-0.39, 0.29) is 23.7 Å². The van der Waals surface area contributed by atoms with Crippen LogP contribution in [0.15, 0.2) is 24.3 Å². The Morgan fingerprint density at radius 2 is 1.33 bits per heavy atom. The van der Waals surface area contributed by atoms with Gasteiger partial charge in [-0.3, -0.25) is 4.79 Å². The number of hydrogen-bond donors (Lipinski definition) is 3. The molecule has 3 N–H and O–H groups in total. The number of benzene rings is 2. The molecule has 2 aromatic rings. The molecule has 4 aliphatic rings. The minimum Gasteiger partial charge on any atom is -0.502 e. The van der Waals surface area contributed by atoms with Crippen molar-refractivity contribution < 1.29 is 105 Å². The highest BCUT2D eigenvalue weighted by molar-refractivity contribution is 7.88. The van der Waals surface area contributed by atoms with Crippen LogP contribution in [-0.2, 0) is 48.7 Å². The molecule has 6 rings (SSSR count). The van der Waals surface area contributed by atoms with Crippen molar-refractivity contribution in [2.24, 2.45) is 11.8 Å². The Labute approximate surface area is 306 Å². The van der Waals surface area contributed by atoms with Crippen molar-refractivity contribution in [3.63, 3.8) is 0 Å². The van der Waals surface area contributed by atoms with Crippen LogP contribution in [-0.4, -0.2) is 114 Å². The van der Waals surface area contributed by atoms with Gasteiger partial charge in [0.05, 0.1) is 39.5 Å². The maximum atomic E-state index is 13.6. The smallest absolute Gasteiger partial charge is 0.502 e. The van der Waals surface area contributed by atoms with E-state index >= 15 is 0 Å². The van der Waals surface area contributed by atoms with Crippen LogP contribution in [0.4, 0.5) is 26.3 Å². The highest BCUT2D eigenvalue weighted by Gasteiger charge is 2.57. The summed E-state index contributed by atoms with van der Waals surface area (Å²) in [5.41, 5.74) is -13.3. The molecular weight excluding hydrogens is 810 g/mol. The normalized spacial score (nSPS) is 31.1. The predicted octanol–water partition coefficient (Wildman–Crippen LogP) is 2.07. The molecule has 0 radical (unpaired) electrons. The lowest BCUT2D eigenvalue weighted by atomic mass is 9.66. The zero-order valence-electron chi connectivity index (χ0n) is 28.1. The number of phenols is 1. The van der Waals surface area contributed by atoms with Gasteiger partial charge in [-0.15, -0.1) is 0 Å². The van der Waals surface area contributed by atoms with E-state index in [4.69, 9.17) is 33.2 Å². The fourth-order valence-electron chi connectivity index (χ4n) is 6.81. The van der Waals surface area contributed by atoms with Gasteiger partial charge in [0.15, 0.2) is 35.6 Å². The fraction of sp³-hybridized carbons (Fsp3) is 0.567. The molecule has 306 valence electrons. The molecule has 1 aliphatic carbocycles. The zero-order valence-corrected chi connectivity index (χ0v) is 29.8. The number of esters is 1. The van der Waals surface area contributed by atoms with Crippen molar-refractivity contribution in [1.82, 2.24) is 0 Å². The minimum absolute atomic E-state index is 0.0425. The summed E-state index contributed by atoms with van der Waals surface area (Å²) in [5, 5.41) is 32.5. The second kappa shape index (κ2) is 14.3. The summed E-state index contributed by atoms with van der Waals surface area (Å²) in [6.45, 7) is 0.772. The van der Waals surface area contributed by atoms with Gasteiger partial charge in [0.2, 0.25) is 5.75 Å². The number of aromatic hydroxyl groups is 1. The quantitative estimate of drug-likeness (QED) is 0.142. The van der Waals surface area contributed by atoms with Crippen LogP contribution in [0, 0.1) is 11.8 Å². The van der Waals surface area contributed by atoms with Gasteiger partial charge < -0.3 is 56.8 Å². The topological polar surface area (TPSA) is 229 Å². The SMILES string of the molecule is COc1cc([C@@H]2c3cc(OS(=O)(=O)C(F)(F)F)c(OS(=O)(=O)C(F)(F)F)cc3[C@@H](O[C@@H]3O[C@@H]4CO[C@@H](C)O[C@H]4[C@H](O)[C@H]3O)[C@H]3COC(=O)[C@H]23)cc(OC)c1O. The molecule has 3 fully saturated rings. The molecule has 3 aliphatic heterocycles. The average Bonchev–Trinajstić information content (AvgIpc) is 3.47. The number of cyclic esters (lactones) is 1. The Balaban J connectivity index is 1.59. The van der Waals surface area contributed by atoms with Crippen LogP contribution in [0.5, 0.6) is 28.7 Å². The van der Waals surface area contributed by atoms with Gasteiger partial charge in [-0.25, -0.2) is 0 Å². The molecule has 17 nitrogen and oxygen atoms in total. The molecule has 3 heterocycles. The van der Waals surface area contributed by atoms with Crippen molar-refractivity contribution in [2.45, 2.75) is 67.0 Å². The molecule has 0 spiro atoms. The number of aliphatic hydroxyl groups is 2. The van der Waals surface area contributed by atoms with E-state index in [0.717, 1.165) is 26.4 Å². The van der Waals surface area contributed by atoms with Crippen LogP contribution in [0.2, 0.25) is 0 Å². The minimum atomic E-state index is -6.75. The second-order valence-corrected chi connectivity index (χ2v) is 15.6. The van der Waals surface area contributed by atoms with Gasteiger partial charge in [-0.1, -0.05) is 0 Å². The lowest BCUT2D eigenvalue weighted by Crippen LogP contribution is -2.63. The van der Waals surface area contributed by atoms with E-state index in [9.17, 15) is 63.3 Å². The molecule has 0 bridgehead atoms. The third-order valence-corrected chi connectivity index (χ3v) is 11.2. The van der Waals surface area contributed by atoms with Crippen LogP contribution in [0.1, 0.15) is 35.6 Å². The summed E-state index contributed by atoms with van der Waals surface area (Å²) in [7, 11) is -11.2. The molecule has 0 aromatic heterocycles. The molecular formula is C30H30F6O17S2. The van der Waals surface area contributed by atoms with E-state index in [1.165, 1.54) is 6.92 Å². The van der Waals surface area contributed by atoms with Crippen molar-refractivity contribution in [1.29, 1.82) is 0 Å². The number of rotatable bonds is 9. The van der Waals surface area contributed by atoms with Gasteiger partial charge in [0.25, 0.3) is 0 Å². The summed E-state index contributed by atoms with van der Waals surface area (Å²) >= 11 is 0. The summed E-state index contributed by atoms with van der Waals surface area (Å²) in [6, 6.07) is 3.07. The van der Waals surface area contributed by atoms with Gasteiger partial charge in [-0.2, -0.15) is 43.2 Å². The lowest BCUT2D eigenvalue weighted by Gasteiger charge is -2.47. The van der Waals surface area contributed by atoms with Gasteiger partial charge in [0, 0.05) is 11.8 Å². The molecule has 55 heavy (non-hydrogen) atoms. The molecule has 2 aromatic carbocycles. The number of fused-ring (bicyclic) bond motifs is 3. The van der Waals surface area contributed by atoms with Gasteiger partial charge >= 0.3 is 37.2 Å². The Hall–Kier alpha value is -3.85. The standard InChI is InChI=1S/C30H30F6O17S2/c1-10-47-9-19-26(49-10)23(38)24(39)28(50-19)51-25-13-7-16(53-55(43,44)30(34,35)36)15(52-54(41,42)29(31,32)33)6-12(13)20(21-14(25)8-48-27(21)40)11-4-17(45-2)22(37)18(5-11)46-3/h4-7,10,14,19-21,23-26,28,37-39H,8-9H2,1-3H3/t10-,14+,19-,20-,21+,23-,24-,25-,26-,28+/m1/s1. The van der Waals surface area contributed by atoms with Gasteiger partial charge in [-0.05, 0) is 47.9 Å². The maximum Gasteiger partial charge on any atom is 0.534 e. The van der Waals surface area contributed by atoms with Crippen molar-refractivity contribution >= 4 is 26.2 Å². The summed E-state index contributed by atoms with van der Waals surface area (Å²) < 4.78 is 177. The number of halogens is 6. The highest BCUT2D eigenvalue weighted by atomic mass is 32.2. The third kappa shape index (κ3) is 7.31. The van der Waals surface area contributed by atoms with Crippen LogP contribution < -0.4 is 17.8 Å². The van der Waals surface area contributed by atoms with Gasteiger partial charge in [0.1, 0.15) is 24.4 Å². The van der Waals surface area contributed by atoms with Crippen LogP contribution in [0.3, 0.4) is 0 Å². The van der Waals surface area contributed by atoms with E-state index in [1.807, 2.05) is 0 Å². The molecule has 10 atom stereocenters. The summed E-state index contributed by atoms with van der Waals surface area (Å²) in [6.07, 6.45) is -10.3. The van der Waals surface area contributed by atoms with E-state index in [0.29, 0.717) is 12.1 Å². The number of alkyl halides is 6. The number of hydrogen-bond acceptors (Lipinski definition) is 17. The van der Waals surface area contributed by atoms with Crippen molar-refractivity contribution in [3.05, 3.63) is 41.0 Å². The number of carbonyl (C=O) groups is 1. The van der Waals surface area contributed by atoms with Crippen LogP contribution in [0.25, 0.3) is 0 Å². The summed E-state index contributed by atoms with van der Waals surface area (Å²) in [5.74, 6) is -9.77. The Bertz CT molecular complexity index is 2020. The largest absolute Gasteiger partial charge is 0.534 e. The first-order valence-corrected chi connectivity index (χ1v) is 18.6. The van der Waals surface area contributed by atoms with Crippen molar-refractivity contribution in [2.75, 3.05) is 27.4 Å². The average molecular weight is 841 g/mol. The maximum absolute atomic E-state index is 13.6. The molecule has 0 unspecified atom stereocenters. The summed E-state index contributed by atoms with van der Waals surface area (Å²) in [4.78, 5) is 13.5. The monoisotopic (exact) mass is 840 g/mol. The number of methoxy groups -OCH3 is 2. The first-order valence-electron chi connectivity index (χ1n) is 15.7. The van der Waals surface area contributed by atoms with E-state index < -0.39 is 133 Å². The Morgan fingerprint density at radius 1 is 0.782 bits per heavy atom. The first-order chi connectivity index (χ1) is 25.5. The fourth-order valence-corrected chi connectivity index (χ4v) is 7.74. The number of ether oxygens (including phenoxy) is 7. The van der Waals surface area contributed by atoms with E-state index in [2.05, 4.69) is 8.37 Å². The number of carbonyl (C=O) groups excluding carboxylic acids is 1. The first kappa shape index (κ1) is 40.8. The lowest BCUT2D eigenvalue weighted by molar-refractivity contribution is -0.364. The number of phenolic OH excluding ortho intramolecular Hbond substituents is 1. The van der Waals surface area contributed by atoms with E-state index in [1.54, 1.807) is 0 Å². The molecule has 25 heteroatoms. The third-order valence-electron chi connectivity index (χ3n) is 9.28.